The molecular weight excluding hydrogens is 472 g/mol. The predicted octanol–water partition coefficient (Wildman–Crippen LogP) is 1.56. The van der Waals surface area contributed by atoms with Crippen molar-refractivity contribution in [3.8, 4) is 11.4 Å². The molecule has 5 heterocycles. The number of nitrogen functional groups attached to an aromatic ring is 1. The summed E-state index contributed by atoms with van der Waals surface area (Å²) in [6, 6.07) is 0.172. The van der Waals surface area contributed by atoms with E-state index in [0.29, 0.717) is 30.5 Å². The van der Waals surface area contributed by atoms with Gasteiger partial charge in [0.25, 0.3) is 0 Å². The average molecular weight is 507 g/mol. The lowest BCUT2D eigenvalue weighted by atomic mass is 10.1. The van der Waals surface area contributed by atoms with Crippen molar-refractivity contribution >= 4 is 34.8 Å². The molecule has 0 aromatic carbocycles. The fraction of sp³-hybridized carbons (Fsp3) is 0.600. The molecular formula is C25H34N10O2. The van der Waals surface area contributed by atoms with Gasteiger partial charge in [0.15, 0.2) is 22.8 Å². The zero-order valence-corrected chi connectivity index (χ0v) is 21.7. The predicted molar refractivity (Wildman–Crippen MR) is 140 cm³/mol. The molecule has 3 aromatic heterocycles. The molecule has 2 unspecified atom stereocenters. The molecule has 0 spiro atoms. The van der Waals surface area contributed by atoms with E-state index < -0.39 is 0 Å². The monoisotopic (exact) mass is 506 g/mol. The number of imidazole rings is 1. The summed E-state index contributed by atoms with van der Waals surface area (Å²) >= 11 is 0. The smallest absolute Gasteiger partial charge is 0.220 e. The van der Waals surface area contributed by atoms with Gasteiger partial charge in [-0.15, -0.1) is 0 Å². The molecule has 1 saturated carbocycles. The molecule has 1 aliphatic carbocycles. The number of fused-ring (bicyclic) bond motifs is 1. The second kappa shape index (κ2) is 9.40. The fourth-order valence-corrected chi connectivity index (χ4v) is 5.63. The van der Waals surface area contributed by atoms with Crippen LogP contribution in [0.1, 0.15) is 33.6 Å². The Morgan fingerprint density at radius 2 is 1.70 bits per heavy atom. The Labute approximate surface area is 215 Å². The van der Waals surface area contributed by atoms with Gasteiger partial charge in [0.1, 0.15) is 0 Å². The third-order valence-corrected chi connectivity index (χ3v) is 7.50. The first kappa shape index (κ1) is 23.8. The van der Waals surface area contributed by atoms with E-state index in [1.807, 2.05) is 4.90 Å². The molecule has 2 saturated heterocycles. The van der Waals surface area contributed by atoms with Crippen LogP contribution in [0.15, 0.2) is 12.4 Å². The highest BCUT2D eigenvalue weighted by Gasteiger charge is 2.35. The van der Waals surface area contributed by atoms with Gasteiger partial charge in [-0.3, -0.25) is 9.36 Å². The zero-order valence-electron chi connectivity index (χ0n) is 21.7. The highest BCUT2D eigenvalue weighted by molar-refractivity contribution is 5.88. The number of morpholine rings is 1. The molecule has 37 heavy (non-hydrogen) atoms. The van der Waals surface area contributed by atoms with Crippen LogP contribution in [0, 0.1) is 5.92 Å². The second-order valence-corrected chi connectivity index (χ2v) is 10.5. The van der Waals surface area contributed by atoms with Gasteiger partial charge in [0, 0.05) is 64.1 Å². The molecule has 0 bridgehead atoms. The molecule has 12 heteroatoms. The minimum atomic E-state index is 0.0859. The van der Waals surface area contributed by atoms with Crippen LogP contribution in [0.3, 0.4) is 0 Å². The SMILES string of the molecule is CC(=O)N1C(C)CN(c2nc3c(N4CCOCC4)nc(-c4cnc(N)nc4)nc3n2CC2CC2)CC1C. The van der Waals surface area contributed by atoms with Gasteiger partial charge in [-0.05, 0) is 32.6 Å². The number of ether oxygens (including phenoxy) is 1. The highest BCUT2D eigenvalue weighted by Crippen LogP contribution is 2.37. The number of nitrogens with two attached hydrogens (primary N) is 1. The summed E-state index contributed by atoms with van der Waals surface area (Å²) in [4.78, 5) is 42.3. The van der Waals surface area contributed by atoms with Gasteiger partial charge in [-0.2, -0.15) is 0 Å². The summed E-state index contributed by atoms with van der Waals surface area (Å²) in [7, 11) is 0. The molecule has 2 aliphatic heterocycles. The first-order valence-electron chi connectivity index (χ1n) is 13.1. The number of rotatable bonds is 5. The Bertz CT molecular complexity index is 1290. The first-order chi connectivity index (χ1) is 17.9. The lowest BCUT2D eigenvalue weighted by molar-refractivity contribution is -0.133. The minimum absolute atomic E-state index is 0.0859. The summed E-state index contributed by atoms with van der Waals surface area (Å²) in [6.07, 6.45) is 5.76. The summed E-state index contributed by atoms with van der Waals surface area (Å²) in [5, 5.41) is 0. The molecule has 2 atom stereocenters. The third kappa shape index (κ3) is 4.54. The van der Waals surface area contributed by atoms with E-state index in [9.17, 15) is 4.79 Å². The summed E-state index contributed by atoms with van der Waals surface area (Å²) in [5.74, 6) is 3.21. The normalized spacial score (nSPS) is 22.6. The van der Waals surface area contributed by atoms with Gasteiger partial charge in [-0.1, -0.05) is 0 Å². The standard InChI is InChI=1S/C25H34N10O2/c1-15-12-33(13-16(2)35(15)17(3)36)25-29-20-22(32-6-8-37-9-7-32)30-21(19-10-27-24(26)28-11-19)31-23(20)34(25)14-18-4-5-18/h10-11,15-16,18H,4-9,12-14H2,1-3H3,(H2,26,27,28). The van der Waals surface area contributed by atoms with Crippen molar-refractivity contribution < 1.29 is 9.53 Å². The van der Waals surface area contributed by atoms with Gasteiger partial charge < -0.3 is 25.2 Å². The number of nitrogens with zero attached hydrogens (tertiary/aromatic N) is 9. The van der Waals surface area contributed by atoms with Gasteiger partial charge in [0.05, 0.1) is 18.8 Å². The quantitative estimate of drug-likeness (QED) is 0.544. The minimum Gasteiger partial charge on any atom is -0.378 e. The Balaban J connectivity index is 1.50. The Morgan fingerprint density at radius 1 is 1.03 bits per heavy atom. The fourth-order valence-electron chi connectivity index (χ4n) is 5.63. The Kier molecular flexibility index (Phi) is 6.06. The highest BCUT2D eigenvalue weighted by atomic mass is 16.5. The molecule has 196 valence electrons. The van der Waals surface area contributed by atoms with E-state index in [0.717, 1.165) is 55.7 Å². The maximum atomic E-state index is 12.3. The van der Waals surface area contributed by atoms with E-state index in [-0.39, 0.29) is 23.9 Å². The topological polar surface area (TPSA) is 131 Å². The van der Waals surface area contributed by atoms with E-state index in [1.165, 1.54) is 12.8 Å². The maximum Gasteiger partial charge on any atom is 0.220 e. The maximum absolute atomic E-state index is 12.3. The number of anilines is 3. The average Bonchev–Trinajstić information content (AvgIpc) is 3.63. The van der Waals surface area contributed by atoms with Crippen LogP contribution >= 0.6 is 0 Å². The van der Waals surface area contributed by atoms with Crippen LogP contribution < -0.4 is 15.5 Å². The second-order valence-electron chi connectivity index (χ2n) is 10.5. The number of carbonyl (C=O) groups excluding carboxylic acids is 1. The van der Waals surface area contributed by atoms with Crippen LogP contribution in [0.5, 0.6) is 0 Å². The molecule has 1 amide bonds. The zero-order chi connectivity index (χ0) is 25.7. The van der Waals surface area contributed by atoms with Gasteiger partial charge in [0.2, 0.25) is 17.8 Å². The third-order valence-electron chi connectivity index (χ3n) is 7.50. The first-order valence-corrected chi connectivity index (χ1v) is 13.1. The van der Waals surface area contributed by atoms with Crippen LogP contribution in [-0.4, -0.2) is 91.8 Å². The van der Waals surface area contributed by atoms with Crippen molar-refractivity contribution in [3.63, 3.8) is 0 Å². The van der Waals surface area contributed by atoms with Crippen LogP contribution in [0.25, 0.3) is 22.6 Å². The number of hydrogen-bond donors (Lipinski definition) is 1. The van der Waals surface area contributed by atoms with E-state index in [4.69, 9.17) is 25.4 Å². The van der Waals surface area contributed by atoms with Crippen molar-refractivity contribution in [2.45, 2.75) is 52.2 Å². The Hall–Kier alpha value is -3.54. The molecule has 0 radical (unpaired) electrons. The van der Waals surface area contributed by atoms with E-state index >= 15 is 0 Å². The number of carbonyl (C=O) groups is 1. The number of amides is 1. The van der Waals surface area contributed by atoms with E-state index in [2.05, 4.69) is 38.2 Å². The number of aromatic nitrogens is 6. The molecule has 2 N–H and O–H groups in total. The Morgan fingerprint density at radius 3 is 2.32 bits per heavy atom. The molecule has 3 aromatic rings. The molecule has 3 fully saturated rings. The lowest BCUT2D eigenvalue weighted by Gasteiger charge is -2.44. The summed E-state index contributed by atoms with van der Waals surface area (Å²) < 4.78 is 7.88. The van der Waals surface area contributed by atoms with Crippen molar-refractivity contribution in [1.29, 1.82) is 0 Å². The van der Waals surface area contributed by atoms with Crippen molar-refractivity contribution in [2.75, 3.05) is 54.9 Å². The van der Waals surface area contributed by atoms with Crippen molar-refractivity contribution in [2.24, 2.45) is 5.92 Å². The number of hydrogen-bond acceptors (Lipinski definition) is 10. The van der Waals surface area contributed by atoms with E-state index in [1.54, 1.807) is 19.3 Å². The number of piperazine rings is 1. The molecule has 3 aliphatic rings. The molecule has 12 nitrogen and oxygen atoms in total. The van der Waals surface area contributed by atoms with Crippen LogP contribution in [-0.2, 0) is 16.1 Å². The van der Waals surface area contributed by atoms with Gasteiger partial charge >= 0.3 is 0 Å². The van der Waals surface area contributed by atoms with Crippen LogP contribution in [0.2, 0.25) is 0 Å². The van der Waals surface area contributed by atoms with Crippen LogP contribution in [0.4, 0.5) is 17.7 Å². The largest absolute Gasteiger partial charge is 0.378 e. The summed E-state index contributed by atoms with van der Waals surface area (Å²) in [5.41, 5.74) is 8.06. The van der Waals surface area contributed by atoms with Crippen molar-refractivity contribution in [3.05, 3.63) is 12.4 Å². The van der Waals surface area contributed by atoms with Crippen molar-refractivity contribution in [1.82, 2.24) is 34.4 Å². The molecule has 6 rings (SSSR count). The van der Waals surface area contributed by atoms with Gasteiger partial charge in [-0.25, -0.2) is 24.9 Å². The summed E-state index contributed by atoms with van der Waals surface area (Å²) in [6.45, 7) is 10.9. The lowest BCUT2D eigenvalue weighted by Crippen LogP contribution is -2.58.